The second kappa shape index (κ2) is 5.82. The van der Waals surface area contributed by atoms with Gasteiger partial charge in [-0.2, -0.15) is 0 Å². The molecule has 0 aliphatic carbocycles. The first-order valence-corrected chi connectivity index (χ1v) is 7.00. The molecular weight excluding hydrogens is 240 g/mol. The smallest absolute Gasteiger partial charge is 0.167 e. The molecule has 0 saturated carbocycles. The molecule has 2 heterocycles. The largest absolute Gasteiger partial charge is 0.354 e. The summed E-state index contributed by atoms with van der Waals surface area (Å²) in [6.45, 7) is 2.65. The molecule has 2 aliphatic rings. The fraction of sp³-hybridized carbons (Fsp3) is 0.533. The predicted octanol–water partition coefficient (Wildman–Crippen LogP) is 1.34. The lowest BCUT2D eigenvalue weighted by Gasteiger charge is -2.36. The van der Waals surface area contributed by atoms with Gasteiger partial charge in [0, 0.05) is 6.04 Å². The molecule has 1 unspecified atom stereocenters. The highest BCUT2D eigenvalue weighted by Gasteiger charge is 2.39. The molecule has 0 radical (unpaired) electrons. The monoisotopic (exact) mass is 260 g/mol. The minimum atomic E-state index is -0.381. The van der Waals surface area contributed by atoms with Gasteiger partial charge >= 0.3 is 0 Å². The van der Waals surface area contributed by atoms with Gasteiger partial charge in [-0.25, -0.2) is 0 Å². The van der Waals surface area contributed by atoms with Gasteiger partial charge in [-0.15, -0.1) is 0 Å². The van der Waals surface area contributed by atoms with E-state index in [1.807, 2.05) is 18.2 Å². The van der Waals surface area contributed by atoms with Crippen molar-refractivity contribution in [3.63, 3.8) is 0 Å². The molecule has 2 aliphatic heterocycles. The van der Waals surface area contributed by atoms with E-state index < -0.39 is 0 Å². The maximum absolute atomic E-state index is 11.3. The fourth-order valence-corrected chi connectivity index (χ4v) is 3.16. The molecule has 2 atom stereocenters. The number of ether oxygens (including phenoxy) is 1. The number of nitrogens with zero attached hydrogens (tertiary/aromatic N) is 1. The van der Waals surface area contributed by atoms with Crippen molar-refractivity contribution >= 4 is 6.29 Å². The quantitative estimate of drug-likeness (QED) is 0.833. The molecule has 1 N–H and O–H groups in total. The van der Waals surface area contributed by atoms with Crippen LogP contribution in [0.4, 0.5) is 0 Å². The van der Waals surface area contributed by atoms with E-state index in [4.69, 9.17) is 4.74 Å². The number of piperidine rings is 1. The van der Waals surface area contributed by atoms with Gasteiger partial charge < -0.3 is 10.1 Å². The first-order valence-electron chi connectivity index (χ1n) is 7.00. The van der Waals surface area contributed by atoms with Crippen molar-refractivity contribution in [2.75, 3.05) is 19.7 Å². The molecule has 19 heavy (non-hydrogen) atoms. The van der Waals surface area contributed by atoms with Crippen LogP contribution in [-0.4, -0.2) is 43.2 Å². The summed E-state index contributed by atoms with van der Waals surface area (Å²) < 4.78 is 5.67. The van der Waals surface area contributed by atoms with Gasteiger partial charge in [0.15, 0.2) is 12.5 Å². The Bertz CT molecular complexity index is 417. The normalized spacial score (nSPS) is 29.5. The van der Waals surface area contributed by atoms with Crippen molar-refractivity contribution in [2.45, 2.75) is 31.2 Å². The SMILES string of the molecule is O=CC1OC[C@@H](c2ccccc2)N1C1CCNCC1. The highest BCUT2D eigenvalue weighted by atomic mass is 16.5. The Balaban J connectivity index is 1.84. The van der Waals surface area contributed by atoms with Crippen LogP contribution in [0.25, 0.3) is 0 Å². The predicted molar refractivity (Wildman–Crippen MR) is 72.7 cm³/mol. The van der Waals surface area contributed by atoms with E-state index in [0.717, 1.165) is 32.2 Å². The number of benzene rings is 1. The molecule has 0 bridgehead atoms. The average Bonchev–Trinajstić information content (AvgIpc) is 2.93. The lowest BCUT2D eigenvalue weighted by atomic mass is 9.99. The van der Waals surface area contributed by atoms with Crippen molar-refractivity contribution in [2.24, 2.45) is 0 Å². The standard InChI is InChI=1S/C15H20N2O2/c18-10-15-17(13-6-8-16-9-7-13)14(11-19-15)12-4-2-1-3-5-12/h1-5,10,13-16H,6-9,11H2/t14-,15?/m0/s1. The van der Waals surface area contributed by atoms with Gasteiger partial charge in [-0.1, -0.05) is 30.3 Å². The van der Waals surface area contributed by atoms with E-state index in [0.29, 0.717) is 12.6 Å². The third-order valence-corrected chi connectivity index (χ3v) is 4.11. The second-order valence-electron chi connectivity index (χ2n) is 5.21. The van der Waals surface area contributed by atoms with Gasteiger partial charge in [0.2, 0.25) is 0 Å². The summed E-state index contributed by atoms with van der Waals surface area (Å²) in [6, 6.07) is 11.0. The summed E-state index contributed by atoms with van der Waals surface area (Å²) >= 11 is 0. The maximum atomic E-state index is 11.3. The minimum absolute atomic E-state index is 0.208. The van der Waals surface area contributed by atoms with Gasteiger partial charge in [-0.05, 0) is 31.5 Å². The van der Waals surface area contributed by atoms with Crippen molar-refractivity contribution in [1.82, 2.24) is 10.2 Å². The van der Waals surface area contributed by atoms with Crippen molar-refractivity contribution < 1.29 is 9.53 Å². The Morgan fingerprint density at radius 3 is 2.63 bits per heavy atom. The average molecular weight is 260 g/mol. The molecule has 1 aromatic rings. The molecule has 0 amide bonds. The van der Waals surface area contributed by atoms with Gasteiger partial charge in [-0.3, -0.25) is 9.69 Å². The third-order valence-electron chi connectivity index (χ3n) is 4.11. The number of rotatable bonds is 3. The highest BCUT2D eigenvalue weighted by Crippen LogP contribution is 2.33. The van der Waals surface area contributed by atoms with E-state index in [-0.39, 0.29) is 12.3 Å². The van der Waals surface area contributed by atoms with Crippen LogP contribution >= 0.6 is 0 Å². The molecular formula is C15H20N2O2. The molecule has 1 aromatic carbocycles. The second-order valence-corrected chi connectivity index (χ2v) is 5.21. The van der Waals surface area contributed by atoms with Crippen molar-refractivity contribution in [3.8, 4) is 0 Å². The summed E-state index contributed by atoms with van der Waals surface area (Å²) in [7, 11) is 0. The van der Waals surface area contributed by atoms with Crippen LogP contribution in [0, 0.1) is 0 Å². The number of carbonyl (C=O) groups excluding carboxylic acids is 1. The summed E-state index contributed by atoms with van der Waals surface area (Å²) in [5, 5.41) is 3.37. The van der Waals surface area contributed by atoms with E-state index in [1.165, 1.54) is 5.56 Å². The molecule has 3 rings (SSSR count). The van der Waals surface area contributed by atoms with Crippen LogP contribution in [0.3, 0.4) is 0 Å². The number of hydrogen-bond donors (Lipinski definition) is 1. The zero-order chi connectivity index (χ0) is 13.1. The Morgan fingerprint density at radius 1 is 1.21 bits per heavy atom. The number of carbonyl (C=O) groups is 1. The third kappa shape index (κ3) is 2.56. The number of hydrogen-bond acceptors (Lipinski definition) is 4. The zero-order valence-corrected chi connectivity index (χ0v) is 11.0. The Hall–Kier alpha value is -1.23. The van der Waals surface area contributed by atoms with Crippen LogP contribution in [0.5, 0.6) is 0 Å². The molecule has 4 nitrogen and oxygen atoms in total. The lowest BCUT2D eigenvalue weighted by molar-refractivity contribution is -0.123. The van der Waals surface area contributed by atoms with Crippen LogP contribution in [0.2, 0.25) is 0 Å². The van der Waals surface area contributed by atoms with Crippen LogP contribution in [0.1, 0.15) is 24.4 Å². The Kier molecular flexibility index (Phi) is 3.92. The molecule has 2 fully saturated rings. The zero-order valence-electron chi connectivity index (χ0n) is 11.0. The topological polar surface area (TPSA) is 41.6 Å². The first kappa shape index (κ1) is 12.8. The fourth-order valence-electron chi connectivity index (χ4n) is 3.16. The van der Waals surface area contributed by atoms with E-state index in [1.54, 1.807) is 0 Å². The first-order chi connectivity index (χ1) is 9.40. The summed E-state index contributed by atoms with van der Waals surface area (Å²) in [5.74, 6) is 0. The van der Waals surface area contributed by atoms with Gasteiger partial charge in [0.05, 0.1) is 12.6 Å². The maximum Gasteiger partial charge on any atom is 0.167 e. The summed E-state index contributed by atoms with van der Waals surface area (Å²) in [5.41, 5.74) is 1.24. The Labute approximate surface area is 113 Å². The molecule has 2 saturated heterocycles. The summed E-state index contributed by atoms with van der Waals surface area (Å²) in [4.78, 5) is 13.5. The van der Waals surface area contributed by atoms with Crippen LogP contribution in [0.15, 0.2) is 30.3 Å². The Morgan fingerprint density at radius 2 is 1.95 bits per heavy atom. The summed E-state index contributed by atoms with van der Waals surface area (Å²) in [6.07, 6.45) is 2.72. The van der Waals surface area contributed by atoms with Gasteiger partial charge in [0.25, 0.3) is 0 Å². The number of nitrogens with one attached hydrogen (secondary N) is 1. The van der Waals surface area contributed by atoms with Crippen molar-refractivity contribution in [1.29, 1.82) is 0 Å². The lowest BCUT2D eigenvalue weighted by Crippen LogP contribution is -2.47. The molecule has 0 aromatic heterocycles. The van der Waals surface area contributed by atoms with E-state index in [9.17, 15) is 4.79 Å². The number of aldehydes is 1. The molecule has 0 spiro atoms. The van der Waals surface area contributed by atoms with Crippen molar-refractivity contribution in [3.05, 3.63) is 35.9 Å². The van der Waals surface area contributed by atoms with E-state index >= 15 is 0 Å². The minimum Gasteiger partial charge on any atom is -0.354 e. The highest BCUT2D eigenvalue weighted by molar-refractivity contribution is 5.56. The van der Waals surface area contributed by atoms with Crippen LogP contribution in [-0.2, 0) is 9.53 Å². The van der Waals surface area contributed by atoms with Gasteiger partial charge in [0.1, 0.15) is 0 Å². The molecule has 102 valence electrons. The van der Waals surface area contributed by atoms with E-state index in [2.05, 4.69) is 22.3 Å². The molecule has 4 heteroatoms. The van der Waals surface area contributed by atoms with Crippen LogP contribution < -0.4 is 5.32 Å².